The number of rotatable bonds is 15. The molecule has 17 nitrogen and oxygen atoms in total. The number of aromatic nitrogens is 5. The van der Waals surface area contributed by atoms with Gasteiger partial charge in [-0.05, 0) is 123 Å². The molecular formula is C63H75N11O6S. The van der Waals surface area contributed by atoms with Crippen molar-refractivity contribution in [2.24, 2.45) is 11.8 Å². The molecule has 6 aliphatic rings. The van der Waals surface area contributed by atoms with Crippen LogP contribution in [0.5, 0.6) is 11.8 Å². The predicted octanol–water partition coefficient (Wildman–Crippen LogP) is 9.50. The van der Waals surface area contributed by atoms with Gasteiger partial charge in [-0.25, -0.2) is 4.98 Å². The van der Waals surface area contributed by atoms with Crippen LogP contribution in [0.15, 0.2) is 76.9 Å². The number of likely N-dealkylation sites (tertiary alicyclic amines) is 2. The van der Waals surface area contributed by atoms with Crippen LogP contribution in [0.2, 0.25) is 0 Å². The largest absolute Gasteiger partial charge is 0.508 e. The highest BCUT2D eigenvalue weighted by molar-refractivity contribution is 7.13. The van der Waals surface area contributed by atoms with E-state index in [0.717, 1.165) is 150 Å². The zero-order valence-electron chi connectivity index (χ0n) is 47.2. The second kappa shape index (κ2) is 21.9. The minimum Gasteiger partial charge on any atom is -0.508 e. The molecule has 424 valence electrons. The number of aromatic hydroxyl groups is 1. The SMILES string of the molecule is Cc1ncsc1-c1ccc([C@H](C)NC(=O)[C@@H]2CCCN2C(=O)[C@@H](c2cc(N3CCC(CC4(O)CCN(CCOc5nc(N6CC7CCC(C6)N7)c6cnc7c(c6n5)C(C)c5cccc6cc(O)cc-7c56)CC4)CC3)no2)C(C)C)cc1. The Kier molecular flexibility index (Phi) is 14.5. The van der Waals surface area contributed by atoms with Crippen molar-refractivity contribution in [3.8, 4) is 33.5 Å². The molecular weight excluding hydrogens is 1040 g/mol. The van der Waals surface area contributed by atoms with Gasteiger partial charge in [0.05, 0.1) is 44.3 Å². The summed E-state index contributed by atoms with van der Waals surface area (Å²) in [4.78, 5) is 58.0. The summed E-state index contributed by atoms with van der Waals surface area (Å²) in [6.45, 7) is 16.8. The van der Waals surface area contributed by atoms with Crippen molar-refractivity contribution >= 4 is 56.5 Å². The lowest BCUT2D eigenvalue weighted by Gasteiger charge is -2.41. The monoisotopic (exact) mass is 1110 g/mol. The third-order valence-corrected chi connectivity index (χ3v) is 19.8. The third-order valence-electron chi connectivity index (χ3n) is 18.8. The zero-order chi connectivity index (χ0) is 55.7. The fraction of sp³-hybridized carbons (Fsp3) is 0.508. The highest BCUT2D eigenvalue weighted by Gasteiger charge is 2.42. The molecule has 9 heterocycles. The molecule has 4 aromatic heterocycles. The van der Waals surface area contributed by atoms with Crippen molar-refractivity contribution in [2.45, 2.75) is 134 Å². The lowest BCUT2D eigenvalue weighted by molar-refractivity contribution is -0.141. The van der Waals surface area contributed by atoms with E-state index in [1.807, 2.05) is 57.6 Å². The van der Waals surface area contributed by atoms with Gasteiger partial charge < -0.3 is 44.8 Å². The van der Waals surface area contributed by atoms with E-state index in [4.69, 9.17) is 24.2 Å². The van der Waals surface area contributed by atoms with Crippen LogP contribution < -0.4 is 25.2 Å². The Morgan fingerprint density at radius 2 is 1.70 bits per heavy atom. The average molecular weight is 1110 g/mol. The lowest BCUT2D eigenvalue weighted by atomic mass is 9.79. The van der Waals surface area contributed by atoms with Crippen LogP contribution in [0.4, 0.5) is 11.6 Å². The average Bonchev–Trinajstić information content (AvgIpc) is 4.43. The van der Waals surface area contributed by atoms with E-state index in [0.29, 0.717) is 68.7 Å². The molecule has 0 saturated carbocycles. The number of hydrogen-bond acceptors (Lipinski definition) is 16. The number of nitrogens with one attached hydrogen (secondary N) is 2. The summed E-state index contributed by atoms with van der Waals surface area (Å²) in [5.41, 5.74) is 9.07. The molecule has 3 unspecified atom stereocenters. The molecule has 1 aliphatic carbocycles. The molecule has 4 N–H and O–H groups in total. The molecule has 18 heteroatoms. The molecule has 3 aromatic carbocycles. The van der Waals surface area contributed by atoms with E-state index >= 15 is 0 Å². The molecule has 2 bridgehead atoms. The number of hydrogen-bond donors (Lipinski definition) is 4. The third kappa shape index (κ3) is 10.4. The second-order valence-corrected chi connectivity index (χ2v) is 25.3. The Morgan fingerprint density at radius 1 is 0.926 bits per heavy atom. The van der Waals surface area contributed by atoms with E-state index < -0.39 is 17.6 Å². The minimum absolute atomic E-state index is 0.0120. The summed E-state index contributed by atoms with van der Waals surface area (Å²) < 4.78 is 12.5. The number of carbonyl (C=O) groups excluding carboxylic acids is 2. The van der Waals surface area contributed by atoms with Gasteiger partial charge in [0.2, 0.25) is 11.8 Å². The van der Waals surface area contributed by atoms with Crippen LogP contribution in [0.1, 0.15) is 132 Å². The molecule has 0 radical (unpaired) electrons. The first-order chi connectivity index (χ1) is 39.2. The second-order valence-electron chi connectivity index (χ2n) is 24.5. The number of carbonyl (C=O) groups is 2. The van der Waals surface area contributed by atoms with Gasteiger partial charge in [-0.1, -0.05) is 68.4 Å². The summed E-state index contributed by atoms with van der Waals surface area (Å²) in [6, 6.07) is 20.6. The molecule has 0 spiro atoms. The summed E-state index contributed by atoms with van der Waals surface area (Å²) in [7, 11) is 0. The number of piperidine rings is 2. The first-order valence-corrected chi connectivity index (χ1v) is 30.5. The zero-order valence-corrected chi connectivity index (χ0v) is 48.1. The van der Waals surface area contributed by atoms with Gasteiger partial charge in [0, 0.05) is 93.7 Å². The first kappa shape index (κ1) is 53.6. The van der Waals surface area contributed by atoms with Gasteiger partial charge in [0.15, 0.2) is 11.6 Å². The maximum absolute atomic E-state index is 14.4. The smallest absolute Gasteiger partial charge is 0.319 e. The van der Waals surface area contributed by atoms with Crippen LogP contribution >= 0.6 is 11.3 Å². The van der Waals surface area contributed by atoms with Crippen molar-refractivity contribution in [3.05, 3.63) is 101 Å². The van der Waals surface area contributed by atoms with Gasteiger partial charge in [-0.2, -0.15) is 9.97 Å². The molecule has 81 heavy (non-hydrogen) atoms. The Labute approximate surface area is 477 Å². The fourth-order valence-electron chi connectivity index (χ4n) is 14.4. The van der Waals surface area contributed by atoms with E-state index in [2.05, 4.69) is 84.9 Å². The standard InChI is InChI=1S/C63H75N11O6S/c1-36(2)53(61(77)74-21-7-10-50(74)60(76)66-38(4)41-11-13-42(14-12-41)58-39(5)65-35-81-58)51-30-52(70-80-51)72-22-17-40(18-23-72)31-63(78)19-24-71(25-20-63)26-27-79-62-68-57-49(59(69-62)73-33-44-15-16-45(34-73)67-44)32-64-56-48-29-46(75)28-43-8-6-9-47(55(43)48)37(3)54(56)57/h6,8-9,11-14,28-30,32,35-38,40,44-45,50,53,67,75,78H,7,10,15-27,31,33-34H2,1-5H3,(H,66,76)/t37?,38-,44?,45?,50-,53+/m0/s1. The number of pyridine rings is 1. The van der Waals surface area contributed by atoms with Crippen LogP contribution in [-0.2, 0) is 9.59 Å². The van der Waals surface area contributed by atoms with Gasteiger partial charge in [0.25, 0.3) is 0 Å². The Hall–Kier alpha value is -6.73. The maximum Gasteiger partial charge on any atom is 0.319 e. The Bertz CT molecular complexity index is 3470. The molecule has 13 rings (SSSR count). The number of aryl methyl sites for hydroxylation is 1. The maximum atomic E-state index is 14.4. The van der Waals surface area contributed by atoms with Crippen LogP contribution in [-0.4, -0.2) is 140 Å². The molecule has 5 fully saturated rings. The number of piperazine rings is 1. The molecule has 5 aliphatic heterocycles. The summed E-state index contributed by atoms with van der Waals surface area (Å²) >= 11 is 1.62. The topological polar surface area (TPSA) is 198 Å². The minimum atomic E-state index is -0.728. The normalized spacial score (nSPS) is 22.6. The fourth-order valence-corrected chi connectivity index (χ4v) is 15.2. The lowest BCUT2D eigenvalue weighted by Crippen LogP contribution is -2.51. The number of ether oxygens (including phenoxy) is 1. The number of nitrogens with zero attached hydrogens (tertiary/aromatic N) is 9. The van der Waals surface area contributed by atoms with Crippen molar-refractivity contribution in [1.82, 2.24) is 45.5 Å². The van der Waals surface area contributed by atoms with Gasteiger partial charge in [0.1, 0.15) is 30.1 Å². The van der Waals surface area contributed by atoms with Crippen LogP contribution in [0.3, 0.4) is 0 Å². The van der Waals surface area contributed by atoms with Crippen LogP contribution in [0, 0.1) is 18.8 Å². The van der Waals surface area contributed by atoms with Crippen molar-refractivity contribution in [2.75, 3.05) is 68.8 Å². The number of anilines is 2. The van der Waals surface area contributed by atoms with Crippen molar-refractivity contribution < 1.29 is 29.1 Å². The molecule has 2 amide bonds. The molecule has 7 aromatic rings. The number of phenols is 1. The molecule has 5 saturated heterocycles. The summed E-state index contributed by atoms with van der Waals surface area (Å²) in [5, 5.41) is 37.4. The summed E-state index contributed by atoms with van der Waals surface area (Å²) in [6.07, 6.45) is 9.63. The number of fused-ring (bicyclic) bond motifs is 6. The van der Waals surface area contributed by atoms with Crippen molar-refractivity contribution in [3.63, 3.8) is 0 Å². The van der Waals surface area contributed by atoms with E-state index in [-0.39, 0.29) is 35.4 Å². The highest BCUT2D eigenvalue weighted by atomic mass is 32.1. The van der Waals surface area contributed by atoms with Gasteiger partial charge in [-0.15, -0.1) is 11.3 Å². The Balaban J connectivity index is 0.608. The number of phenolic OH excluding ortho intramolecular Hbond substituents is 1. The van der Waals surface area contributed by atoms with Gasteiger partial charge >= 0.3 is 6.01 Å². The van der Waals surface area contributed by atoms with Crippen molar-refractivity contribution in [1.29, 1.82) is 0 Å². The number of benzene rings is 3. The van der Waals surface area contributed by atoms with E-state index in [9.17, 15) is 19.8 Å². The highest BCUT2D eigenvalue weighted by Crippen LogP contribution is 2.49. The number of aliphatic hydroxyl groups is 1. The predicted molar refractivity (Wildman–Crippen MR) is 315 cm³/mol. The summed E-state index contributed by atoms with van der Waals surface area (Å²) in [5.74, 6) is 1.86. The van der Waals surface area contributed by atoms with Crippen LogP contribution in [0.25, 0.3) is 43.4 Å². The van der Waals surface area contributed by atoms with E-state index in [1.165, 1.54) is 5.56 Å². The van der Waals surface area contributed by atoms with Gasteiger partial charge in [-0.3, -0.25) is 19.5 Å². The first-order valence-electron chi connectivity index (χ1n) is 29.6. The quantitative estimate of drug-likeness (QED) is 0.0757. The number of amides is 2. The Morgan fingerprint density at radius 3 is 2.44 bits per heavy atom. The van der Waals surface area contributed by atoms with E-state index in [1.54, 1.807) is 16.2 Å². The molecule has 6 atom stereocenters. The number of thiazole rings is 1.